The molecule has 2 heterocycles. The molecule has 0 radical (unpaired) electrons. The first-order chi connectivity index (χ1) is 10.2. The predicted octanol–water partition coefficient (Wildman–Crippen LogP) is 1.64. The predicted molar refractivity (Wildman–Crippen MR) is 83.3 cm³/mol. The minimum absolute atomic E-state index is 0.0645. The lowest BCUT2D eigenvalue weighted by atomic mass is 9.96. The Morgan fingerprint density at radius 1 is 1.33 bits per heavy atom. The summed E-state index contributed by atoms with van der Waals surface area (Å²) in [5, 5.41) is 8.60. The largest absolute Gasteiger partial charge is 0.337 e. The third-order valence-electron chi connectivity index (χ3n) is 4.35. The molecular formula is C16H22N4O. The van der Waals surface area contributed by atoms with Crippen molar-refractivity contribution < 1.29 is 4.79 Å². The second-order valence-electron chi connectivity index (χ2n) is 5.78. The fourth-order valence-corrected chi connectivity index (χ4v) is 3.15. The molecule has 1 aromatic carbocycles. The van der Waals surface area contributed by atoms with Gasteiger partial charge >= 0.3 is 0 Å². The highest BCUT2D eigenvalue weighted by atomic mass is 16.2. The molecular weight excluding hydrogens is 264 g/mol. The van der Waals surface area contributed by atoms with Crippen molar-refractivity contribution in [3.8, 4) is 0 Å². The number of hydrogen-bond acceptors (Lipinski definition) is 3. The normalized spacial score (nSPS) is 16.6. The van der Waals surface area contributed by atoms with Crippen LogP contribution in [0, 0.1) is 5.92 Å². The molecule has 0 unspecified atom stereocenters. The summed E-state index contributed by atoms with van der Waals surface area (Å²) in [5.74, 6) is 0.745. The number of likely N-dealkylation sites (tertiary alicyclic amines) is 1. The molecule has 0 bridgehead atoms. The summed E-state index contributed by atoms with van der Waals surface area (Å²) >= 11 is 0. The molecule has 0 atom stereocenters. The molecule has 5 heteroatoms. The second-order valence-corrected chi connectivity index (χ2v) is 5.78. The number of para-hydroxylation sites is 1. The maximum Gasteiger partial charge on any atom is 0.275 e. The highest BCUT2D eigenvalue weighted by Crippen LogP contribution is 2.22. The number of nitrogens with one attached hydrogen (secondary N) is 1. The Morgan fingerprint density at radius 2 is 2.05 bits per heavy atom. The number of carbonyl (C=O) groups is 1. The van der Waals surface area contributed by atoms with Crippen molar-refractivity contribution in [2.75, 3.05) is 26.7 Å². The van der Waals surface area contributed by atoms with E-state index < -0.39 is 0 Å². The minimum atomic E-state index is 0.0645. The highest BCUT2D eigenvalue weighted by molar-refractivity contribution is 6.04. The molecule has 2 aromatic rings. The quantitative estimate of drug-likeness (QED) is 0.933. The van der Waals surface area contributed by atoms with Gasteiger partial charge < -0.3 is 10.2 Å². The molecule has 21 heavy (non-hydrogen) atoms. The first kappa shape index (κ1) is 14.1. The third-order valence-corrected chi connectivity index (χ3v) is 4.35. The molecule has 1 aromatic heterocycles. The first-order valence-electron chi connectivity index (χ1n) is 7.56. The number of amides is 1. The summed E-state index contributed by atoms with van der Waals surface area (Å²) in [6.07, 6.45) is 2.13. The summed E-state index contributed by atoms with van der Waals surface area (Å²) in [6, 6.07) is 7.91. The van der Waals surface area contributed by atoms with Gasteiger partial charge in [-0.05, 0) is 38.4 Å². The lowest BCUT2D eigenvalue weighted by Gasteiger charge is -2.31. The molecule has 3 rings (SSSR count). The van der Waals surface area contributed by atoms with E-state index in [4.69, 9.17) is 0 Å². The van der Waals surface area contributed by atoms with Gasteiger partial charge in [-0.15, -0.1) is 0 Å². The maximum absolute atomic E-state index is 12.7. The van der Waals surface area contributed by atoms with Gasteiger partial charge in [0.25, 0.3) is 5.91 Å². The Hall–Kier alpha value is -1.88. The molecule has 112 valence electrons. The van der Waals surface area contributed by atoms with Gasteiger partial charge in [0, 0.05) is 25.5 Å². The van der Waals surface area contributed by atoms with E-state index in [1.54, 1.807) is 4.68 Å². The highest BCUT2D eigenvalue weighted by Gasteiger charge is 2.26. The fraction of sp³-hybridized carbons (Fsp3) is 0.500. The molecule has 1 amide bonds. The van der Waals surface area contributed by atoms with E-state index in [0.29, 0.717) is 11.6 Å². The van der Waals surface area contributed by atoms with Crippen molar-refractivity contribution in [3.05, 3.63) is 30.0 Å². The molecule has 0 saturated carbocycles. The van der Waals surface area contributed by atoms with E-state index in [2.05, 4.69) is 10.4 Å². The van der Waals surface area contributed by atoms with Crippen LogP contribution in [0.25, 0.3) is 10.9 Å². The number of rotatable bonds is 3. The monoisotopic (exact) mass is 286 g/mol. The number of carbonyl (C=O) groups excluding carboxylic acids is 1. The van der Waals surface area contributed by atoms with Crippen LogP contribution in [0.5, 0.6) is 0 Å². The van der Waals surface area contributed by atoms with Crippen LogP contribution >= 0.6 is 0 Å². The SMILES string of the molecule is CNCC1CCN(C(=O)c2nn(C)c3ccccc23)CC1. The zero-order valence-electron chi connectivity index (χ0n) is 12.7. The molecule has 1 saturated heterocycles. The molecule has 1 aliphatic heterocycles. The summed E-state index contributed by atoms with van der Waals surface area (Å²) in [4.78, 5) is 14.7. The average Bonchev–Trinajstić information content (AvgIpc) is 2.85. The van der Waals surface area contributed by atoms with E-state index in [1.807, 2.05) is 43.3 Å². The van der Waals surface area contributed by atoms with Crippen molar-refractivity contribution in [2.45, 2.75) is 12.8 Å². The van der Waals surface area contributed by atoms with E-state index in [0.717, 1.165) is 43.4 Å². The van der Waals surface area contributed by atoms with Crippen LogP contribution in [0.15, 0.2) is 24.3 Å². The fourth-order valence-electron chi connectivity index (χ4n) is 3.15. The smallest absolute Gasteiger partial charge is 0.275 e. The van der Waals surface area contributed by atoms with Crippen molar-refractivity contribution in [3.63, 3.8) is 0 Å². The van der Waals surface area contributed by atoms with Crippen molar-refractivity contribution >= 4 is 16.8 Å². The zero-order chi connectivity index (χ0) is 14.8. The van der Waals surface area contributed by atoms with Gasteiger partial charge in [-0.3, -0.25) is 9.48 Å². The van der Waals surface area contributed by atoms with Gasteiger partial charge in [0.05, 0.1) is 5.52 Å². The van der Waals surface area contributed by atoms with Crippen LogP contribution in [0.1, 0.15) is 23.3 Å². The number of piperidine rings is 1. The minimum Gasteiger partial charge on any atom is -0.337 e. The Labute approximate surface area is 124 Å². The molecule has 0 aliphatic carbocycles. The molecule has 1 aliphatic rings. The zero-order valence-corrected chi connectivity index (χ0v) is 12.7. The van der Waals surface area contributed by atoms with E-state index in [-0.39, 0.29) is 5.91 Å². The van der Waals surface area contributed by atoms with Gasteiger partial charge in [-0.1, -0.05) is 18.2 Å². The van der Waals surface area contributed by atoms with Crippen LogP contribution in [0.2, 0.25) is 0 Å². The summed E-state index contributed by atoms with van der Waals surface area (Å²) in [5.41, 5.74) is 1.59. The van der Waals surface area contributed by atoms with Gasteiger partial charge in [-0.2, -0.15) is 5.10 Å². The molecule has 0 spiro atoms. The average molecular weight is 286 g/mol. The number of fused-ring (bicyclic) bond motifs is 1. The first-order valence-corrected chi connectivity index (χ1v) is 7.56. The van der Waals surface area contributed by atoms with Crippen LogP contribution in [-0.4, -0.2) is 47.3 Å². The number of aryl methyl sites for hydroxylation is 1. The Bertz CT molecular complexity index is 641. The van der Waals surface area contributed by atoms with Gasteiger partial charge in [-0.25, -0.2) is 0 Å². The van der Waals surface area contributed by atoms with Crippen LogP contribution in [0.3, 0.4) is 0 Å². The maximum atomic E-state index is 12.7. The van der Waals surface area contributed by atoms with Gasteiger partial charge in [0.2, 0.25) is 0 Å². The Morgan fingerprint density at radius 3 is 2.76 bits per heavy atom. The van der Waals surface area contributed by atoms with Crippen molar-refractivity contribution in [1.82, 2.24) is 20.0 Å². The van der Waals surface area contributed by atoms with Gasteiger partial charge in [0.1, 0.15) is 0 Å². The Kier molecular flexibility index (Phi) is 3.92. The topological polar surface area (TPSA) is 50.2 Å². The van der Waals surface area contributed by atoms with E-state index in [9.17, 15) is 4.79 Å². The second kappa shape index (κ2) is 5.85. The van der Waals surface area contributed by atoms with Crippen LogP contribution in [0.4, 0.5) is 0 Å². The molecule has 1 fully saturated rings. The lowest BCUT2D eigenvalue weighted by molar-refractivity contribution is 0.0686. The number of aromatic nitrogens is 2. The summed E-state index contributed by atoms with van der Waals surface area (Å²) < 4.78 is 1.79. The molecule has 5 nitrogen and oxygen atoms in total. The number of benzene rings is 1. The number of nitrogens with zero attached hydrogens (tertiary/aromatic N) is 3. The van der Waals surface area contributed by atoms with Crippen molar-refractivity contribution in [1.29, 1.82) is 0 Å². The van der Waals surface area contributed by atoms with Gasteiger partial charge in [0.15, 0.2) is 5.69 Å². The van der Waals surface area contributed by atoms with Crippen molar-refractivity contribution in [2.24, 2.45) is 13.0 Å². The van der Waals surface area contributed by atoms with E-state index >= 15 is 0 Å². The van der Waals surface area contributed by atoms with Crippen LogP contribution in [-0.2, 0) is 7.05 Å². The van der Waals surface area contributed by atoms with Crippen LogP contribution < -0.4 is 5.32 Å². The number of hydrogen-bond donors (Lipinski definition) is 1. The Balaban J connectivity index is 1.79. The standard InChI is InChI=1S/C16H22N4O/c1-17-11-12-7-9-20(10-8-12)16(21)15-13-5-3-4-6-14(13)19(2)18-15/h3-6,12,17H,7-11H2,1-2H3. The van der Waals surface area contributed by atoms with E-state index in [1.165, 1.54) is 0 Å². The summed E-state index contributed by atoms with van der Waals surface area (Å²) in [7, 11) is 3.87. The lowest BCUT2D eigenvalue weighted by Crippen LogP contribution is -2.40. The molecule has 1 N–H and O–H groups in total. The summed E-state index contributed by atoms with van der Waals surface area (Å²) in [6.45, 7) is 2.70. The third kappa shape index (κ3) is 2.65.